The van der Waals surface area contributed by atoms with Gasteiger partial charge < -0.3 is 24.9 Å². The van der Waals surface area contributed by atoms with Gasteiger partial charge in [-0.3, -0.25) is 0 Å². The SMILES string of the molecule is O=C(O)c1c[nH]cc1COC(=O)c1c[nH]cc1CCO. The topological polar surface area (TPSA) is 115 Å². The van der Waals surface area contributed by atoms with Crippen molar-refractivity contribution in [1.82, 2.24) is 9.97 Å². The Bertz CT molecular complexity index is 614. The zero-order valence-electron chi connectivity index (χ0n) is 10.5. The van der Waals surface area contributed by atoms with Crippen LogP contribution in [0.3, 0.4) is 0 Å². The van der Waals surface area contributed by atoms with E-state index < -0.39 is 11.9 Å². The van der Waals surface area contributed by atoms with Crippen molar-refractivity contribution >= 4 is 11.9 Å². The van der Waals surface area contributed by atoms with Gasteiger partial charge in [-0.15, -0.1) is 0 Å². The van der Waals surface area contributed by atoms with Gasteiger partial charge in [-0.1, -0.05) is 0 Å². The molecule has 0 atom stereocenters. The number of hydrogen-bond donors (Lipinski definition) is 4. The number of aromatic nitrogens is 2. The van der Waals surface area contributed by atoms with Crippen molar-refractivity contribution in [3.63, 3.8) is 0 Å². The van der Waals surface area contributed by atoms with Gasteiger partial charge in [-0.25, -0.2) is 9.59 Å². The van der Waals surface area contributed by atoms with Gasteiger partial charge in [0.15, 0.2) is 0 Å². The van der Waals surface area contributed by atoms with Gasteiger partial charge in [0.2, 0.25) is 0 Å². The second-order valence-electron chi connectivity index (χ2n) is 4.14. The van der Waals surface area contributed by atoms with Gasteiger partial charge in [0.1, 0.15) is 6.61 Å². The molecule has 2 heterocycles. The third-order valence-electron chi connectivity index (χ3n) is 2.85. The summed E-state index contributed by atoms with van der Waals surface area (Å²) < 4.78 is 5.08. The summed E-state index contributed by atoms with van der Waals surface area (Å²) in [5.41, 5.74) is 1.46. The first-order valence-electron chi connectivity index (χ1n) is 5.96. The number of carboxylic acids is 1. The molecule has 2 aromatic heterocycles. The summed E-state index contributed by atoms with van der Waals surface area (Å²) in [5.74, 6) is -1.65. The lowest BCUT2D eigenvalue weighted by atomic mass is 10.1. The van der Waals surface area contributed by atoms with E-state index >= 15 is 0 Å². The summed E-state index contributed by atoms with van der Waals surface area (Å²) >= 11 is 0. The van der Waals surface area contributed by atoms with E-state index in [-0.39, 0.29) is 18.8 Å². The summed E-state index contributed by atoms with van der Waals surface area (Å²) in [4.78, 5) is 28.2. The number of aromatic carboxylic acids is 1. The van der Waals surface area contributed by atoms with Crippen molar-refractivity contribution in [2.24, 2.45) is 0 Å². The highest BCUT2D eigenvalue weighted by Gasteiger charge is 2.16. The number of aliphatic hydroxyl groups is 1. The number of ether oxygens (including phenoxy) is 1. The van der Waals surface area contributed by atoms with Crippen molar-refractivity contribution in [3.8, 4) is 0 Å². The predicted molar refractivity (Wildman–Crippen MR) is 68.5 cm³/mol. The third-order valence-corrected chi connectivity index (χ3v) is 2.85. The zero-order chi connectivity index (χ0) is 14.5. The van der Waals surface area contributed by atoms with Gasteiger partial charge in [0.05, 0.1) is 11.1 Å². The number of carbonyl (C=O) groups excluding carboxylic acids is 1. The van der Waals surface area contributed by atoms with E-state index in [4.69, 9.17) is 14.9 Å². The Balaban J connectivity index is 2.03. The fraction of sp³-hybridized carbons (Fsp3) is 0.231. The smallest absolute Gasteiger partial charge is 0.340 e. The lowest BCUT2D eigenvalue weighted by molar-refractivity contribution is 0.0465. The number of aromatic amines is 2. The number of aliphatic hydroxyl groups excluding tert-OH is 1. The lowest BCUT2D eigenvalue weighted by Gasteiger charge is -2.05. The Morgan fingerprint density at radius 1 is 1.05 bits per heavy atom. The molecule has 0 aliphatic heterocycles. The highest BCUT2D eigenvalue weighted by atomic mass is 16.5. The number of carbonyl (C=O) groups is 2. The summed E-state index contributed by atoms with van der Waals surface area (Å²) in [6.07, 6.45) is 6.26. The highest BCUT2D eigenvalue weighted by molar-refractivity contribution is 5.91. The molecular weight excluding hydrogens is 264 g/mol. The first-order valence-corrected chi connectivity index (χ1v) is 5.96. The number of esters is 1. The van der Waals surface area contributed by atoms with Crippen LogP contribution in [0.25, 0.3) is 0 Å². The average molecular weight is 278 g/mol. The average Bonchev–Trinajstić information content (AvgIpc) is 3.04. The van der Waals surface area contributed by atoms with Crippen LogP contribution in [0, 0.1) is 0 Å². The van der Waals surface area contributed by atoms with Crippen LogP contribution >= 0.6 is 0 Å². The maximum Gasteiger partial charge on any atom is 0.340 e. The molecule has 2 aromatic rings. The molecule has 0 fully saturated rings. The van der Waals surface area contributed by atoms with Gasteiger partial charge in [-0.05, 0) is 12.0 Å². The molecule has 0 saturated carbocycles. The van der Waals surface area contributed by atoms with Crippen molar-refractivity contribution in [1.29, 1.82) is 0 Å². The molecule has 2 rings (SSSR count). The Hall–Kier alpha value is -2.54. The minimum atomic E-state index is -1.08. The third kappa shape index (κ3) is 2.89. The maximum atomic E-state index is 11.9. The Morgan fingerprint density at radius 3 is 2.35 bits per heavy atom. The van der Waals surface area contributed by atoms with Crippen LogP contribution in [0.15, 0.2) is 24.8 Å². The molecule has 0 spiro atoms. The summed E-state index contributed by atoms with van der Waals surface area (Å²) in [6.45, 7) is -0.202. The minimum Gasteiger partial charge on any atom is -0.478 e. The van der Waals surface area contributed by atoms with Crippen LogP contribution < -0.4 is 0 Å². The number of hydrogen-bond acceptors (Lipinski definition) is 4. The van der Waals surface area contributed by atoms with Gasteiger partial charge >= 0.3 is 11.9 Å². The van der Waals surface area contributed by atoms with E-state index in [0.29, 0.717) is 23.1 Å². The highest BCUT2D eigenvalue weighted by Crippen LogP contribution is 2.14. The van der Waals surface area contributed by atoms with E-state index in [2.05, 4.69) is 9.97 Å². The van der Waals surface area contributed by atoms with E-state index in [1.165, 1.54) is 18.6 Å². The summed E-state index contributed by atoms with van der Waals surface area (Å²) in [5, 5.41) is 17.8. The van der Waals surface area contributed by atoms with Crippen LogP contribution in [0.1, 0.15) is 31.8 Å². The molecule has 0 radical (unpaired) electrons. The molecule has 0 unspecified atom stereocenters. The molecule has 0 amide bonds. The molecule has 106 valence electrons. The molecule has 4 N–H and O–H groups in total. The van der Waals surface area contributed by atoms with Crippen LogP contribution in [-0.2, 0) is 17.8 Å². The van der Waals surface area contributed by atoms with Crippen molar-refractivity contribution in [3.05, 3.63) is 47.0 Å². The van der Waals surface area contributed by atoms with Crippen molar-refractivity contribution in [2.45, 2.75) is 13.0 Å². The number of H-pyrrole nitrogens is 2. The predicted octanol–water partition coefficient (Wildman–Crippen LogP) is 0.933. The Morgan fingerprint density at radius 2 is 1.70 bits per heavy atom. The second kappa shape index (κ2) is 6.07. The van der Waals surface area contributed by atoms with Gasteiger partial charge in [0.25, 0.3) is 0 Å². The lowest BCUT2D eigenvalue weighted by Crippen LogP contribution is -2.09. The fourth-order valence-corrected chi connectivity index (χ4v) is 1.85. The quantitative estimate of drug-likeness (QED) is 0.587. The van der Waals surface area contributed by atoms with Gasteiger partial charge in [-0.2, -0.15) is 0 Å². The monoisotopic (exact) mass is 278 g/mol. The number of rotatable bonds is 6. The fourth-order valence-electron chi connectivity index (χ4n) is 1.85. The van der Waals surface area contributed by atoms with E-state index in [1.54, 1.807) is 6.20 Å². The van der Waals surface area contributed by atoms with Crippen LogP contribution in [0.5, 0.6) is 0 Å². The Labute approximate surface area is 114 Å². The van der Waals surface area contributed by atoms with Gasteiger partial charge in [0, 0.05) is 37.0 Å². The minimum absolute atomic E-state index is 0.0703. The van der Waals surface area contributed by atoms with E-state index in [9.17, 15) is 9.59 Å². The molecule has 0 bridgehead atoms. The molecule has 0 saturated heterocycles. The Kier molecular flexibility index (Phi) is 4.21. The van der Waals surface area contributed by atoms with E-state index in [0.717, 1.165) is 0 Å². The summed E-state index contributed by atoms with van der Waals surface area (Å²) in [6, 6.07) is 0. The molecule has 0 aliphatic carbocycles. The van der Waals surface area contributed by atoms with Crippen molar-refractivity contribution in [2.75, 3.05) is 6.61 Å². The normalized spacial score (nSPS) is 10.4. The zero-order valence-corrected chi connectivity index (χ0v) is 10.5. The first-order chi connectivity index (χ1) is 9.63. The molecule has 7 nitrogen and oxygen atoms in total. The van der Waals surface area contributed by atoms with Crippen molar-refractivity contribution < 1.29 is 24.5 Å². The maximum absolute atomic E-state index is 11.9. The first kappa shape index (κ1) is 13.9. The number of nitrogens with one attached hydrogen (secondary N) is 2. The molecular formula is C13H14N2O5. The molecule has 0 aromatic carbocycles. The number of carboxylic acid groups (broad SMARTS) is 1. The second-order valence-corrected chi connectivity index (χ2v) is 4.14. The molecule has 7 heteroatoms. The largest absolute Gasteiger partial charge is 0.478 e. The van der Waals surface area contributed by atoms with Crippen LogP contribution in [0.4, 0.5) is 0 Å². The summed E-state index contributed by atoms with van der Waals surface area (Å²) in [7, 11) is 0. The molecule has 20 heavy (non-hydrogen) atoms. The van der Waals surface area contributed by atoms with Crippen LogP contribution in [0.2, 0.25) is 0 Å². The standard InChI is InChI=1S/C13H14N2O5/c16-2-1-8-3-14-6-11(8)13(19)20-7-9-4-15-5-10(9)12(17)18/h3-6,14-16H,1-2,7H2,(H,17,18). The molecule has 0 aliphatic rings. The van der Waals surface area contributed by atoms with E-state index in [1.807, 2.05) is 0 Å². The van der Waals surface area contributed by atoms with Crippen LogP contribution in [-0.4, -0.2) is 38.7 Å².